The van der Waals surface area contributed by atoms with Gasteiger partial charge in [-0.3, -0.25) is 9.36 Å². The summed E-state index contributed by atoms with van der Waals surface area (Å²) in [7, 11) is 3.60. The molecule has 1 unspecified atom stereocenters. The van der Waals surface area contributed by atoms with Gasteiger partial charge in [0.15, 0.2) is 0 Å². The van der Waals surface area contributed by atoms with Gasteiger partial charge in [0, 0.05) is 25.9 Å². The summed E-state index contributed by atoms with van der Waals surface area (Å²) >= 11 is 6.37. The molecule has 7 heteroatoms. The van der Waals surface area contributed by atoms with Crippen LogP contribution >= 0.6 is 11.6 Å². The Hall–Kier alpha value is -1.37. The van der Waals surface area contributed by atoms with E-state index >= 15 is 0 Å². The van der Waals surface area contributed by atoms with Crippen LogP contribution in [0.5, 0.6) is 0 Å². The van der Waals surface area contributed by atoms with Crippen molar-refractivity contribution >= 4 is 11.6 Å². The molecule has 21 heavy (non-hydrogen) atoms. The summed E-state index contributed by atoms with van der Waals surface area (Å²) in [6.07, 6.45) is 3.70. The van der Waals surface area contributed by atoms with Gasteiger partial charge in [-0.15, -0.1) is 0 Å². The molecule has 2 rings (SSSR count). The van der Waals surface area contributed by atoms with E-state index in [4.69, 9.17) is 16.3 Å². The van der Waals surface area contributed by atoms with Gasteiger partial charge in [-0.1, -0.05) is 18.5 Å². The molecular formula is C14H22ClN5O. The summed E-state index contributed by atoms with van der Waals surface area (Å²) in [6, 6.07) is -0.0319. The maximum Gasteiger partial charge on any atom is 0.0837 e. The first-order valence-electron chi connectivity index (χ1n) is 7.02. The number of nitrogens with one attached hydrogen (secondary N) is 1. The van der Waals surface area contributed by atoms with Crippen molar-refractivity contribution in [3.63, 3.8) is 0 Å². The Morgan fingerprint density at radius 1 is 1.48 bits per heavy atom. The van der Waals surface area contributed by atoms with Gasteiger partial charge in [0.2, 0.25) is 0 Å². The Morgan fingerprint density at radius 3 is 2.81 bits per heavy atom. The molecule has 0 saturated carbocycles. The van der Waals surface area contributed by atoms with Crippen LogP contribution in [0.25, 0.3) is 0 Å². The highest BCUT2D eigenvalue weighted by atomic mass is 35.5. The molecule has 0 bridgehead atoms. The second kappa shape index (κ2) is 7.06. The van der Waals surface area contributed by atoms with E-state index in [1.807, 2.05) is 29.5 Å². The first kappa shape index (κ1) is 16.0. The highest BCUT2D eigenvalue weighted by Gasteiger charge is 2.24. The number of halogens is 1. The third-order valence-corrected chi connectivity index (χ3v) is 3.68. The van der Waals surface area contributed by atoms with Crippen molar-refractivity contribution in [1.82, 2.24) is 24.9 Å². The van der Waals surface area contributed by atoms with Gasteiger partial charge >= 0.3 is 0 Å². The molecule has 0 amide bonds. The lowest BCUT2D eigenvalue weighted by Gasteiger charge is -2.20. The molecule has 6 nitrogen and oxygen atoms in total. The number of rotatable bonds is 7. The zero-order valence-electron chi connectivity index (χ0n) is 12.9. The van der Waals surface area contributed by atoms with E-state index in [-0.39, 0.29) is 6.04 Å². The van der Waals surface area contributed by atoms with Gasteiger partial charge in [-0.05, 0) is 13.5 Å². The Balaban J connectivity index is 2.43. The van der Waals surface area contributed by atoms with Gasteiger partial charge in [0.05, 0.1) is 41.8 Å². The van der Waals surface area contributed by atoms with Crippen molar-refractivity contribution < 1.29 is 4.74 Å². The molecule has 1 atom stereocenters. The van der Waals surface area contributed by atoms with Crippen LogP contribution in [0.2, 0.25) is 5.02 Å². The highest BCUT2D eigenvalue weighted by Crippen LogP contribution is 2.29. The Morgan fingerprint density at radius 2 is 2.24 bits per heavy atom. The summed E-state index contributed by atoms with van der Waals surface area (Å²) in [5, 5.41) is 12.9. The lowest BCUT2D eigenvalue weighted by Crippen LogP contribution is -2.26. The quantitative estimate of drug-likeness (QED) is 0.849. The zero-order chi connectivity index (χ0) is 15.4. The van der Waals surface area contributed by atoms with E-state index in [0.29, 0.717) is 18.2 Å². The monoisotopic (exact) mass is 311 g/mol. The fraction of sp³-hybridized carbons (Fsp3) is 0.571. The second-order valence-electron chi connectivity index (χ2n) is 4.93. The van der Waals surface area contributed by atoms with Crippen LogP contribution in [0.3, 0.4) is 0 Å². The lowest BCUT2D eigenvalue weighted by atomic mass is 10.0. The molecule has 2 aromatic rings. The van der Waals surface area contributed by atoms with Crippen molar-refractivity contribution in [3.05, 3.63) is 34.4 Å². The van der Waals surface area contributed by atoms with Gasteiger partial charge in [0.1, 0.15) is 0 Å². The highest BCUT2D eigenvalue weighted by molar-refractivity contribution is 6.31. The fourth-order valence-electron chi connectivity index (χ4n) is 2.47. The molecule has 0 radical (unpaired) electrons. The molecule has 0 saturated heterocycles. The number of aromatic nitrogens is 4. The SMILES string of the molecule is CCNC(c1cn(C)nc1C)c1c(Cl)cnn1CCOC. The van der Waals surface area contributed by atoms with E-state index < -0.39 is 0 Å². The summed E-state index contributed by atoms with van der Waals surface area (Å²) < 4.78 is 8.86. The Labute approximate surface area is 130 Å². The van der Waals surface area contributed by atoms with Crippen molar-refractivity contribution in [2.24, 2.45) is 7.05 Å². The molecule has 2 heterocycles. The molecule has 116 valence electrons. The molecule has 0 aliphatic carbocycles. The first-order chi connectivity index (χ1) is 10.1. The number of aryl methyl sites for hydroxylation is 2. The molecule has 0 aliphatic heterocycles. The third-order valence-electron chi connectivity index (χ3n) is 3.38. The van der Waals surface area contributed by atoms with E-state index in [1.54, 1.807) is 13.3 Å². The zero-order valence-corrected chi connectivity index (χ0v) is 13.7. The lowest BCUT2D eigenvalue weighted by molar-refractivity contribution is 0.182. The third kappa shape index (κ3) is 3.45. The van der Waals surface area contributed by atoms with Crippen molar-refractivity contribution in [2.45, 2.75) is 26.4 Å². The minimum absolute atomic E-state index is 0.0319. The van der Waals surface area contributed by atoms with Crippen LogP contribution < -0.4 is 5.32 Å². The summed E-state index contributed by atoms with van der Waals surface area (Å²) in [5.41, 5.74) is 3.05. The molecule has 1 N–H and O–H groups in total. The molecule has 0 aliphatic rings. The van der Waals surface area contributed by atoms with Crippen LogP contribution in [0, 0.1) is 6.92 Å². The average molecular weight is 312 g/mol. The molecule has 0 fully saturated rings. The smallest absolute Gasteiger partial charge is 0.0837 e. The van der Waals surface area contributed by atoms with Gasteiger partial charge < -0.3 is 10.1 Å². The predicted octanol–water partition coefficient (Wildman–Crippen LogP) is 1.92. The minimum Gasteiger partial charge on any atom is -0.383 e. The van der Waals surface area contributed by atoms with Crippen molar-refractivity contribution in [2.75, 3.05) is 20.3 Å². The largest absolute Gasteiger partial charge is 0.383 e. The normalized spacial score (nSPS) is 12.8. The van der Waals surface area contributed by atoms with Crippen LogP contribution in [0.4, 0.5) is 0 Å². The average Bonchev–Trinajstić information content (AvgIpc) is 2.97. The van der Waals surface area contributed by atoms with E-state index in [1.165, 1.54) is 0 Å². The first-order valence-corrected chi connectivity index (χ1v) is 7.39. The van der Waals surface area contributed by atoms with E-state index in [9.17, 15) is 0 Å². The fourth-order valence-corrected chi connectivity index (χ4v) is 2.72. The number of hydrogen-bond donors (Lipinski definition) is 1. The molecular weight excluding hydrogens is 290 g/mol. The minimum atomic E-state index is -0.0319. The topological polar surface area (TPSA) is 56.9 Å². The Kier molecular flexibility index (Phi) is 5.39. The van der Waals surface area contributed by atoms with Gasteiger partial charge in [-0.25, -0.2) is 0 Å². The standard InChI is InChI=1S/C14H22ClN5O/c1-5-16-13(11-9-19(3)18-10(11)2)14-12(15)8-17-20(14)6-7-21-4/h8-9,13,16H,5-7H2,1-4H3. The Bertz CT molecular complexity index is 592. The number of methoxy groups -OCH3 is 1. The number of hydrogen-bond acceptors (Lipinski definition) is 4. The van der Waals surface area contributed by atoms with Crippen molar-refractivity contribution in [3.8, 4) is 0 Å². The number of nitrogens with zero attached hydrogens (tertiary/aromatic N) is 4. The maximum atomic E-state index is 6.37. The summed E-state index contributed by atoms with van der Waals surface area (Å²) in [4.78, 5) is 0. The molecule has 2 aromatic heterocycles. The maximum absolute atomic E-state index is 6.37. The van der Waals surface area contributed by atoms with Gasteiger partial charge in [-0.2, -0.15) is 10.2 Å². The van der Waals surface area contributed by atoms with E-state index in [0.717, 1.165) is 23.5 Å². The molecule has 0 aromatic carbocycles. The number of ether oxygens (including phenoxy) is 1. The molecule has 0 spiro atoms. The van der Waals surface area contributed by atoms with Crippen LogP contribution in [-0.2, 0) is 18.3 Å². The summed E-state index contributed by atoms with van der Waals surface area (Å²) in [6.45, 7) is 6.16. The van der Waals surface area contributed by atoms with Crippen LogP contribution in [0.15, 0.2) is 12.4 Å². The predicted molar refractivity (Wildman–Crippen MR) is 82.6 cm³/mol. The van der Waals surface area contributed by atoms with Crippen molar-refractivity contribution in [1.29, 1.82) is 0 Å². The van der Waals surface area contributed by atoms with E-state index in [2.05, 4.69) is 22.4 Å². The van der Waals surface area contributed by atoms with Crippen LogP contribution in [0.1, 0.15) is 29.9 Å². The van der Waals surface area contributed by atoms with Gasteiger partial charge in [0.25, 0.3) is 0 Å². The van der Waals surface area contributed by atoms with Crippen LogP contribution in [-0.4, -0.2) is 39.8 Å². The summed E-state index contributed by atoms with van der Waals surface area (Å²) in [5.74, 6) is 0. The second-order valence-corrected chi connectivity index (χ2v) is 5.34.